The maximum atomic E-state index is 14.3. The Morgan fingerprint density at radius 1 is 1.09 bits per heavy atom. The number of aryl methyl sites for hydroxylation is 3. The molecule has 170 valence electrons. The van der Waals surface area contributed by atoms with E-state index in [9.17, 15) is 18.8 Å². The normalized spacial score (nSPS) is 15.5. The van der Waals surface area contributed by atoms with E-state index in [4.69, 9.17) is 0 Å². The summed E-state index contributed by atoms with van der Waals surface area (Å²) in [5, 5.41) is 7.04. The molecule has 1 atom stereocenters. The molecular weight excluding hydrogens is 443 g/mol. The average molecular weight is 467 g/mol. The lowest BCUT2D eigenvalue weighted by atomic mass is 10.1. The second-order valence-corrected chi connectivity index (χ2v) is 8.94. The number of hydrogen-bond donors (Lipinski definition) is 1. The number of aromatic nitrogens is 2. The van der Waals surface area contributed by atoms with Gasteiger partial charge in [-0.05, 0) is 56.2 Å². The van der Waals surface area contributed by atoms with Crippen LogP contribution in [-0.2, 0) is 4.79 Å². The van der Waals surface area contributed by atoms with Gasteiger partial charge in [-0.15, -0.1) is 11.8 Å². The summed E-state index contributed by atoms with van der Waals surface area (Å²) < 4.78 is 15.6. The van der Waals surface area contributed by atoms with Gasteiger partial charge < -0.3 is 10.2 Å². The Morgan fingerprint density at radius 3 is 2.58 bits per heavy atom. The molecule has 7 nitrogen and oxygen atoms in total. The van der Waals surface area contributed by atoms with Gasteiger partial charge in [-0.1, -0.05) is 18.2 Å². The van der Waals surface area contributed by atoms with Crippen molar-refractivity contribution in [3.8, 4) is 5.69 Å². The van der Waals surface area contributed by atoms with Crippen LogP contribution in [0.4, 0.5) is 10.1 Å². The van der Waals surface area contributed by atoms with Gasteiger partial charge in [0.05, 0.1) is 5.88 Å². The molecule has 1 aromatic heterocycles. The summed E-state index contributed by atoms with van der Waals surface area (Å²) in [5.41, 5.74) is 2.38. The molecule has 33 heavy (non-hydrogen) atoms. The van der Waals surface area contributed by atoms with Crippen LogP contribution < -0.4 is 10.7 Å². The number of benzene rings is 2. The van der Waals surface area contributed by atoms with E-state index >= 15 is 0 Å². The van der Waals surface area contributed by atoms with E-state index in [0.717, 1.165) is 11.1 Å². The van der Waals surface area contributed by atoms with E-state index in [1.54, 1.807) is 19.1 Å². The van der Waals surface area contributed by atoms with Gasteiger partial charge in [-0.2, -0.15) is 5.10 Å². The van der Waals surface area contributed by atoms with Crippen LogP contribution in [0.25, 0.3) is 5.69 Å². The van der Waals surface area contributed by atoms with Crippen LogP contribution in [0.15, 0.2) is 53.3 Å². The van der Waals surface area contributed by atoms with Crippen LogP contribution in [0.1, 0.15) is 27.3 Å². The number of hydrogen-bond acceptors (Lipinski definition) is 5. The second-order valence-electron chi connectivity index (χ2n) is 7.94. The summed E-state index contributed by atoms with van der Waals surface area (Å²) in [6, 6.07) is 12.1. The van der Waals surface area contributed by atoms with Gasteiger partial charge in [-0.3, -0.25) is 14.4 Å². The maximum Gasteiger partial charge on any atom is 0.279 e. The number of halogens is 1. The van der Waals surface area contributed by atoms with Gasteiger partial charge in [0.25, 0.3) is 5.91 Å². The van der Waals surface area contributed by atoms with E-state index in [1.807, 2.05) is 32.0 Å². The molecule has 2 amide bonds. The zero-order valence-corrected chi connectivity index (χ0v) is 19.3. The van der Waals surface area contributed by atoms with Crippen molar-refractivity contribution in [2.24, 2.45) is 0 Å². The number of nitrogens with one attached hydrogen (secondary N) is 1. The van der Waals surface area contributed by atoms with E-state index in [1.165, 1.54) is 39.5 Å². The largest absolute Gasteiger partial charge is 0.324 e. The highest BCUT2D eigenvalue weighted by molar-refractivity contribution is 7.99. The molecule has 1 saturated heterocycles. The van der Waals surface area contributed by atoms with Crippen LogP contribution >= 0.6 is 11.8 Å². The number of para-hydroxylation sites is 1. The molecule has 1 aliphatic rings. The number of nitrogens with zero attached hydrogens (tertiary/aromatic N) is 3. The fourth-order valence-electron chi connectivity index (χ4n) is 3.60. The zero-order valence-electron chi connectivity index (χ0n) is 18.5. The first kappa shape index (κ1) is 22.7. The second kappa shape index (κ2) is 9.19. The SMILES string of the molecule is Cc1ccc(NC(=O)C2CSCN2C(=O)c2nn(-c3ccccc3F)c(C)cc2=O)cc1C. The Labute approximate surface area is 194 Å². The third-order valence-electron chi connectivity index (χ3n) is 5.61. The number of rotatable bonds is 4. The number of anilines is 1. The molecule has 0 aliphatic carbocycles. The summed E-state index contributed by atoms with van der Waals surface area (Å²) >= 11 is 1.42. The fourth-order valence-corrected chi connectivity index (χ4v) is 4.76. The Hall–Kier alpha value is -3.46. The van der Waals surface area contributed by atoms with Crippen molar-refractivity contribution >= 4 is 29.3 Å². The van der Waals surface area contributed by atoms with Gasteiger partial charge in [-0.25, -0.2) is 9.07 Å². The minimum atomic E-state index is -0.756. The predicted octanol–water partition coefficient (Wildman–Crippen LogP) is 3.45. The first-order valence-corrected chi connectivity index (χ1v) is 11.5. The Bertz CT molecular complexity index is 1310. The minimum absolute atomic E-state index is 0.129. The number of thioether (sulfide) groups is 1. The van der Waals surface area contributed by atoms with Crippen molar-refractivity contribution in [3.63, 3.8) is 0 Å². The van der Waals surface area contributed by atoms with Gasteiger partial charge in [0.2, 0.25) is 11.3 Å². The quantitative estimate of drug-likeness (QED) is 0.637. The molecule has 1 unspecified atom stereocenters. The summed E-state index contributed by atoms with van der Waals surface area (Å²) in [6.07, 6.45) is 0. The lowest BCUT2D eigenvalue weighted by Gasteiger charge is -2.23. The van der Waals surface area contributed by atoms with Crippen molar-refractivity contribution in [2.45, 2.75) is 26.8 Å². The van der Waals surface area contributed by atoms with Crippen molar-refractivity contribution in [1.29, 1.82) is 0 Å². The lowest BCUT2D eigenvalue weighted by molar-refractivity contribution is -0.119. The molecule has 0 radical (unpaired) electrons. The molecule has 1 aliphatic heterocycles. The molecular formula is C24H23FN4O3S. The molecule has 4 rings (SSSR count). The third-order valence-corrected chi connectivity index (χ3v) is 6.62. The van der Waals surface area contributed by atoms with Crippen LogP contribution in [0.5, 0.6) is 0 Å². The number of amides is 2. The van der Waals surface area contributed by atoms with Crippen molar-refractivity contribution in [3.05, 3.63) is 87.1 Å². The first-order valence-electron chi connectivity index (χ1n) is 10.4. The summed E-state index contributed by atoms with van der Waals surface area (Å²) in [7, 11) is 0. The summed E-state index contributed by atoms with van der Waals surface area (Å²) in [6.45, 7) is 5.55. The topological polar surface area (TPSA) is 84.3 Å². The molecule has 0 spiro atoms. The molecule has 2 heterocycles. The van der Waals surface area contributed by atoms with E-state index < -0.39 is 23.2 Å². The van der Waals surface area contributed by atoms with E-state index in [-0.39, 0.29) is 23.2 Å². The van der Waals surface area contributed by atoms with Gasteiger partial charge >= 0.3 is 0 Å². The van der Waals surface area contributed by atoms with Crippen LogP contribution in [0, 0.1) is 26.6 Å². The first-order chi connectivity index (χ1) is 15.8. The molecule has 2 aromatic carbocycles. The van der Waals surface area contributed by atoms with Crippen LogP contribution in [-0.4, -0.2) is 44.2 Å². The lowest BCUT2D eigenvalue weighted by Crippen LogP contribution is -2.46. The van der Waals surface area contributed by atoms with Gasteiger partial charge in [0.1, 0.15) is 17.5 Å². The van der Waals surface area contributed by atoms with E-state index in [2.05, 4.69) is 10.4 Å². The molecule has 3 aromatic rings. The summed E-state index contributed by atoms with van der Waals surface area (Å²) in [5.74, 6) is -0.875. The third kappa shape index (κ3) is 4.54. The van der Waals surface area contributed by atoms with E-state index in [0.29, 0.717) is 17.1 Å². The van der Waals surface area contributed by atoms with Crippen molar-refractivity contribution in [1.82, 2.24) is 14.7 Å². The number of carbonyl (C=O) groups is 2. The Morgan fingerprint density at radius 2 is 1.85 bits per heavy atom. The smallest absolute Gasteiger partial charge is 0.279 e. The van der Waals surface area contributed by atoms with Crippen molar-refractivity contribution in [2.75, 3.05) is 16.9 Å². The number of carbonyl (C=O) groups excluding carboxylic acids is 2. The molecule has 9 heteroatoms. The predicted molar refractivity (Wildman–Crippen MR) is 126 cm³/mol. The van der Waals surface area contributed by atoms with Gasteiger partial charge in [0, 0.05) is 23.2 Å². The van der Waals surface area contributed by atoms with Gasteiger partial charge in [0.15, 0.2) is 5.69 Å². The van der Waals surface area contributed by atoms with Crippen LogP contribution in [0.2, 0.25) is 0 Å². The fraction of sp³-hybridized carbons (Fsp3) is 0.250. The standard InChI is InChI=1S/C24H23FN4O3S/c1-14-8-9-17(10-15(14)2)26-23(31)20-12-33-13-28(20)24(32)22-21(30)11-16(3)29(27-22)19-7-5-4-6-18(19)25/h4-11,20H,12-13H2,1-3H3,(H,26,31). The highest BCUT2D eigenvalue weighted by atomic mass is 32.2. The van der Waals surface area contributed by atoms with Crippen molar-refractivity contribution < 1.29 is 14.0 Å². The van der Waals surface area contributed by atoms with Crippen LogP contribution in [0.3, 0.4) is 0 Å². The average Bonchev–Trinajstić information content (AvgIpc) is 3.27. The Kier molecular flexibility index (Phi) is 6.33. The zero-order chi connectivity index (χ0) is 23.7. The highest BCUT2D eigenvalue weighted by Crippen LogP contribution is 2.24. The monoisotopic (exact) mass is 466 g/mol. The molecule has 0 saturated carbocycles. The Balaban J connectivity index is 1.62. The molecule has 0 bridgehead atoms. The maximum absolute atomic E-state index is 14.3. The summed E-state index contributed by atoms with van der Waals surface area (Å²) in [4.78, 5) is 40.2. The molecule has 1 fully saturated rings. The molecule has 1 N–H and O–H groups in total. The highest BCUT2D eigenvalue weighted by Gasteiger charge is 2.37. The minimum Gasteiger partial charge on any atom is -0.324 e.